The van der Waals surface area contributed by atoms with Gasteiger partial charge in [-0.1, -0.05) is 24.3 Å². The minimum absolute atomic E-state index is 0.201. The Hall–Kier alpha value is -1.62. The van der Waals surface area contributed by atoms with Gasteiger partial charge in [-0.25, -0.2) is 8.42 Å². The van der Waals surface area contributed by atoms with E-state index in [4.69, 9.17) is 0 Å². The van der Waals surface area contributed by atoms with Crippen molar-refractivity contribution in [2.45, 2.75) is 18.4 Å². The minimum atomic E-state index is -3.26. The third-order valence-corrected chi connectivity index (χ3v) is 3.34. The Labute approximate surface area is 101 Å². The second-order valence-corrected chi connectivity index (χ2v) is 5.58. The van der Waals surface area contributed by atoms with Gasteiger partial charge in [0.25, 0.3) is 0 Å². The highest BCUT2D eigenvalue weighted by atomic mass is 32.2. The van der Waals surface area contributed by atoms with Crippen LogP contribution in [0.4, 0.5) is 0 Å². The molecular weight excluding hydrogens is 238 g/mol. The lowest BCUT2D eigenvalue weighted by atomic mass is 10.2. The molecule has 0 radical (unpaired) electrons. The van der Waals surface area contributed by atoms with Gasteiger partial charge in [0.05, 0.1) is 4.90 Å². The van der Waals surface area contributed by atoms with Crippen molar-refractivity contribution in [3.8, 4) is 0 Å². The second-order valence-electron chi connectivity index (χ2n) is 3.60. The van der Waals surface area contributed by atoms with Crippen LogP contribution < -0.4 is 5.32 Å². The first-order chi connectivity index (χ1) is 7.95. The molecule has 1 aromatic rings. The Kier molecular flexibility index (Phi) is 4.45. The topological polar surface area (TPSA) is 63.2 Å². The van der Waals surface area contributed by atoms with Crippen LogP contribution >= 0.6 is 0 Å². The molecule has 17 heavy (non-hydrogen) atoms. The molecule has 0 aliphatic heterocycles. The molecule has 5 heteroatoms. The van der Waals surface area contributed by atoms with Gasteiger partial charge in [0.1, 0.15) is 0 Å². The zero-order chi connectivity index (χ0) is 12.9. The van der Waals surface area contributed by atoms with Gasteiger partial charge < -0.3 is 5.32 Å². The van der Waals surface area contributed by atoms with E-state index in [2.05, 4.69) is 5.32 Å². The van der Waals surface area contributed by atoms with Crippen LogP contribution in [0.3, 0.4) is 0 Å². The first kappa shape index (κ1) is 13.4. The van der Waals surface area contributed by atoms with Gasteiger partial charge in [-0.2, -0.15) is 0 Å². The lowest BCUT2D eigenvalue weighted by molar-refractivity contribution is -0.116. The highest BCUT2D eigenvalue weighted by molar-refractivity contribution is 7.90. The summed E-state index contributed by atoms with van der Waals surface area (Å²) in [5, 5.41) is 2.62. The lowest BCUT2D eigenvalue weighted by Crippen LogP contribution is -2.21. The van der Waals surface area contributed by atoms with Crippen LogP contribution in [0.25, 0.3) is 0 Å². The molecule has 0 spiro atoms. The lowest BCUT2D eigenvalue weighted by Gasteiger charge is -2.07. The molecule has 1 rings (SSSR count). The van der Waals surface area contributed by atoms with Gasteiger partial charge in [-0.3, -0.25) is 4.79 Å². The van der Waals surface area contributed by atoms with E-state index in [1.807, 2.05) is 0 Å². The molecule has 1 amide bonds. The molecule has 92 valence electrons. The van der Waals surface area contributed by atoms with Crippen molar-refractivity contribution in [1.82, 2.24) is 5.32 Å². The van der Waals surface area contributed by atoms with Crippen molar-refractivity contribution < 1.29 is 13.2 Å². The maximum absolute atomic E-state index is 11.5. The minimum Gasteiger partial charge on any atom is -0.348 e. The van der Waals surface area contributed by atoms with Crippen molar-refractivity contribution >= 4 is 15.7 Å². The van der Waals surface area contributed by atoms with Crippen LogP contribution in [0.1, 0.15) is 12.5 Å². The summed E-state index contributed by atoms with van der Waals surface area (Å²) in [5.74, 6) is -0.240. The standard InChI is InChI=1S/C12H15NO3S/c1-3-6-12(14)13-9-10-7-4-5-8-11(10)17(2,15)16/h3-8H,9H2,1-2H3,(H,13,14)/b6-3+. The summed E-state index contributed by atoms with van der Waals surface area (Å²) in [5.41, 5.74) is 0.591. The van der Waals surface area contributed by atoms with E-state index in [9.17, 15) is 13.2 Å². The number of carbonyl (C=O) groups excluding carboxylic acids is 1. The number of carbonyl (C=O) groups is 1. The highest BCUT2D eigenvalue weighted by Crippen LogP contribution is 2.14. The fourth-order valence-electron chi connectivity index (χ4n) is 1.40. The molecule has 4 nitrogen and oxygen atoms in total. The van der Waals surface area contributed by atoms with E-state index in [1.165, 1.54) is 12.1 Å². The molecular formula is C12H15NO3S. The maximum Gasteiger partial charge on any atom is 0.243 e. The average molecular weight is 253 g/mol. The third-order valence-electron chi connectivity index (χ3n) is 2.14. The number of allylic oxidation sites excluding steroid dienone is 1. The highest BCUT2D eigenvalue weighted by Gasteiger charge is 2.12. The van der Waals surface area contributed by atoms with Gasteiger partial charge in [-0.05, 0) is 24.6 Å². The SMILES string of the molecule is C/C=C/C(=O)NCc1ccccc1S(C)(=O)=O. The van der Waals surface area contributed by atoms with Crippen molar-refractivity contribution in [3.05, 3.63) is 42.0 Å². The number of amides is 1. The van der Waals surface area contributed by atoms with Crippen LogP contribution in [0.15, 0.2) is 41.3 Å². The summed E-state index contributed by atoms with van der Waals surface area (Å²) in [6.07, 6.45) is 4.17. The largest absolute Gasteiger partial charge is 0.348 e. The van der Waals surface area contributed by atoms with Crippen LogP contribution in [0.2, 0.25) is 0 Å². The van der Waals surface area contributed by atoms with E-state index in [0.29, 0.717) is 5.56 Å². The van der Waals surface area contributed by atoms with Crippen molar-refractivity contribution in [2.75, 3.05) is 6.26 Å². The van der Waals surface area contributed by atoms with Gasteiger partial charge >= 0.3 is 0 Å². The number of hydrogen-bond acceptors (Lipinski definition) is 3. The summed E-state index contributed by atoms with van der Waals surface area (Å²) in [6.45, 7) is 1.94. The summed E-state index contributed by atoms with van der Waals surface area (Å²) >= 11 is 0. The fraction of sp³-hybridized carbons (Fsp3) is 0.250. The van der Waals surface area contributed by atoms with Gasteiger partial charge in [0.15, 0.2) is 9.84 Å². The number of benzene rings is 1. The number of nitrogens with one attached hydrogen (secondary N) is 1. The number of sulfone groups is 1. The summed E-state index contributed by atoms with van der Waals surface area (Å²) in [7, 11) is -3.26. The molecule has 0 unspecified atom stereocenters. The van der Waals surface area contributed by atoms with Crippen molar-refractivity contribution in [1.29, 1.82) is 0 Å². The van der Waals surface area contributed by atoms with Crippen molar-refractivity contribution in [3.63, 3.8) is 0 Å². The summed E-state index contributed by atoms with van der Waals surface area (Å²) < 4.78 is 23.0. The van der Waals surface area contributed by atoms with E-state index < -0.39 is 9.84 Å². The first-order valence-corrected chi connectivity index (χ1v) is 7.03. The normalized spacial score (nSPS) is 11.6. The monoisotopic (exact) mass is 253 g/mol. The Bertz CT molecular complexity index is 532. The Morgan fingerprint density at radius 3 is 2.59 bits per heavy atom. The van der Waals surface area contributed by atoms with E-state index in [0.717, 1.165) is 6.26 Å². The zero-order valence-corrected chi connectivity index (χ0v) is 10.6. The number of hydrogen-bond donors (Lipinski definition) is 1. The summed E-state index contributed by atoms with van der Waals surface area (Å²) in [6, 6.07) is 6.62. The Morgan fingerprint density at radius 2 is 2.00 bits per heavy atom. The molecule has 0 fully saturated rings. The molecule has 0 saturated heterocycles. The average Bonchev–Trinajstić information content (AvgIpc) is 2.26. The van der Waals surface area contributed by atoms with Crippen LogP contribution in [0.5, 0.6) is 0 Å². The maximum atomic E-state index is 11.5. The Balaban J connectivity index is 2.89. The van der Waals surface area contributed by atoms with Crippen LogP contribution in [-0.2, 0) is 21.2 Å². The molecule has 0 aliphatic rings. The molecule has 0 bridgehead atoms. The summed E-state index contributed by atoms with van der Waals surface area (Å²) in [4.78, 5) is 11.5. The van der Waals surface area contributed by atoms with E-state index in [1.54, 1.807) is 31.2 Å². The first-order valence-electron chi connectivity index (χ1n) is 5.13. The second kappa shape index (κ2) is 5.63. The van der Waals surface area contributed by atoms with Gasteiger partial charge in [-0.15, -0.1) is 0 Å². The third kappa shape index (κ3) is 4.03. The molecule has 1 aromatic carbocycles. The van der Waals surface area contributed by atoms with Crippen LogP contribution in [0, 0.1) is 0 Å². The molecule has 0 atom stereocenters. The molecule has 0 aliphatic carbocycles. The van der Waals surface area contributed by atoms with Crippen LogP contribution in [-0.4, -0.2) is 20.6 Å². The smallest absolute Gasteiger partial charge is 0.243 e. The predicted octanol–water partition coefficient (Wildman–Crippen LogP) is 1.28. The fourth-order valence-corrected chi connectivity index (χ4v) is 2.35. The molecule has 1 N–H and O–H groups in total. The predicted molar refractivity (Wildman–Crippen MR) is 66.2 cm³/mol. The quantitative estimate of drug-likeness (QED) is 0.822. The van der Waals surface area contributed by atoms with E-state index >= 15 is 0 Å². The number of rotatable bonds is 4. The molecule has 0 aromatic heterocycles. The van der Waals surface area contributed by atoms with Gasteiger partial charge in [0.2, 0.25) is 5.91 Å². The molecule has 0 heterocycles. The Morgan fingerprint density at radius 1 is 1.35 bits per heavy atom. The zero-order valence-electron chi connectivity index (χ0n) is 9.80. The molecule has 0 saturated carbocycles. The van der Waals surface area contributed by atoms with Gasteiger partial charge in [0, 0.05) is 12.8 Å². The van der Waals surface area contributed by atoms with E-state index in [-0.39, 0.29) is 17.3 Å². The van der Waals surface area contributed by atoms with Crippen molar-refractivity contribution in [2.24, 2.45) is 0 Å².